The minimum absolute atomic E-state index is 0. The van der Waals surface area contributed by atoms with Crippen LogP contribution >= 0.6 is 12.4 Å². The highest BCUT2D eigenvalue weighted by molar-refractivity contribution is 5.92. The van der Waals surface area contributed by atoms with Crippen LogP contribution in [0.4, 0.5) is 0 Å². The predicted molar refractivity (Wildman–Crippen MR) is 86.8 cm³/mol. The largest absolute Gasteiger partial charge is 0.351 e. The fraction of sp³-hybridized carbons (Fsp3) is 0.733. The number of carbonyl (C=O) groups is 1. The summed E-state index contributed by atoms with van der Waals surface area (Å²) < 4.78 is 5.18. The van der Waals surface area contributed by atoms with Crippen molar-refractivity contribution in [1.29, 1.82) is 0 Å². The molecule has 0 aliphatic rings. The second-order valence-electron chi connectivity index (χ2n) is 5.86. The van der Waals surface area contributed by atoms with E-state index in [1.807, 2.05) is 20.8 Å². The number of carbonyl (C=O) groups excluding carboxylic acids is 1. The molecule has 0 saturated carbocycles. The topological polar surface area (TPSA) is 81.2 Å². The van der Waals surface area contributed by atoms with Gasteiger partial charge in [-0.15, -0.1) is 12.4 Å². The lowest BCUT2D eigenvalue weighted by atomic mass is 9.88. The number of nitrogens with zero attached hydrogens (tertiary/aromatic N) is 1. The monoisotopic (exact) mass is 317 g/mol. The molecule has 1 amide bonds. The molecular weight excluding hydrogens is 290 g/mol. The van der Waals surface area contributed by atoms with Gasteiger partial charge in [-0.2, -0.15) is 0 Å². The summed E-state index contributed by atoms with van der Waals surface area (Å²) in [6.45, 7) is 10.6. The van der Waals surface area contributed by atoms with Crippen LogP contribution in [0.2, 0.25) is 0 Å². The van der Waals surface area contributed by atoms with Crippen molar-refractivity contribution in [3.05, 3.63) is 17.5 Å². The van der Waals surface area contributed by atoms with Crippen molar-refractivity contribution in [2.45, 2.75) is 58.9 Å². The molecule has 1 aromatic heterocycles. The average molecular weight is 318 g/mol. The summed E-state index contributed by atoms with van der Waals surface area (Å²) in [6, 6.07) is 1.74. The maximum atomic E-state index is 12.2. The highest BCUT2D eigenvalue weighted by Crippen LogP contribution is 2.23. The first-order valence-electron chi connectivity index (χ1n) is 7.37. The average Bonchev–Trinajstić information content (AvgIpc) is 2.89. The fourth-order valence-corrected chi connectivity index (χ4v) is 2.05. The van der Waals surface area contributed by atoms with Crippen LogP contribution in [0.1, 0.15) is 69.6 Å². The molecule has 5 nitrogen and oxygen atoms in total. The summed E-state index contributed by atoms with van der Waals surface area (Å²) in [5.41, 5.74) is 6.17. The SMILES string of the molecule is CCC(CC)c1cc(C(=O)NC(C)(CN)C(C)C)on1.Cl. The normalized spacial score (nSPS) is 13.9. The van der Waals surface area contributed by atoms with E-state index in [9.17, 15) is 4.79 Å². The molecule has 1 atom stereocenters. The lowest BCUT2D eigenvalue weighted by molar-refractivity contribution is 0.0845. The van der Waals surface area contributed by atoms with E-state index in [1.54, 1.807) is 6.07 Å². The Bertz CT molecular complexity index is 444. The minimum Gasteiger partial charge on any atom is -0.351 e. The van der Waals surface area contributed by atoms with Gasteiger partial charge in [-0.1, -0.05) is 32.9 Å². The van der Waals surface area contributed by atoms with Crippen LogP contribution in [0.5, 0.6) is 0 Å². The number of nitrogens with two attached hydrogens (primary N) is 1. The van der Waals surface area contributed by atoms with Crippen LogP contribution < -0.4 is 11.1 Å². The molecule has 6 heteroatoms. The molecule has 0 aliphatic heterocycles. The summed E-state index contributed by atoms with van der Waals surface area (Å²) >= 11 is 0. The Balaban J connectivity index is 0.00000400. The van der Waals surface area contributed by atoms with Crippen molar-refractivity contribution in [2.75, 3.05) is 6.54 Å². The second kappa shape index (κ2) is 8.39. The molecule has 1 unspecified atom stereocenters. The molecule has 0 radical (unpaired) electrons. The first-order valence-corrected chi connectivity index (χ1v) is 7.37. The van der Waals surface area contributed by atoms with Crippen molar-refractivity contribution < 1.29 is 9.32 Å². The van der Waals surface area contributed by atoms with Gasteiger partial charge in [-0.25, -0.2) is 0 Å². The number of hydrogen-bond donors (Lipinski definition) is 2. The molecule has 122 valence electrons. The summed E-state index contributed by atoms with van der Waals surface area (Å²) in [5.74, 6) is 0.577. The number of rotatable bonds is 7. The van der Waals surface area contributed by atoms with Gasteiger partial charge in [0.05, 0.1) is 11.2 Å². The van der Waals surface area contributed by atoms with E-state index in [0.29, 0.717) is 12.5 Å². The van der Waals surface area contributed by atoms with Crippen LogP contribution in [-0.2, 0) is 0 Å². The Morgan fingerprint density at radius 2 is 2.00 bits per heavy atom. The van der Waals surface area contributed by atoms with Crippen molar-refractivity contribution >= 4 is 18.3 Å². The lowest BCUT2D eigenvalue weighted by Crippen LogP contribution is -2.54. The van der Waals surface area contributed by atoms with E-state index in [1.165, 1.54) is 0 Å². The van der Waals surface area contributed by atoms with E-state index < -0.39 is 5.54 Å². The van der Waals surface area contributed by atoms with E-state index in [0.717, 1.165) is 18.5 Å². The molecule has 1 rings (SSSR count). The molecule has 3 N–H and O–H groups in total. The molecule has 0 fully saturated rings. The van der Waals surface area contributed by atoms with Gasteiger partial charge in [0.15, 0.2) is 0 Å². The molecule has 21 heavy (non-hydrogen) atoms. The van der Waals surface area contributed by atoms with Gasteiger partial charge in [0, 0.05) is 18.5 Å². The number of nitrogens with one attached hydrogen (secondary N) is 1. The van der Waals surface area contributed by atoms with Gasteiger partial charge in [0.25, 0.3) is 5.91 Å². The first-order chi connectivity index (χ1) is 9.37. The maximum Gasteiger partial charge on any atom is 0.290 e. The van der Waals surface area contributed by atoms with E-state index in [4.69, 9.17) is 10.3 Å². The smallest absolute Gasteiger partial charge is 0.290 e. The van der Waals surface area contributed by atoms with Crippen molar-refractivity contribution in [2.24, 2.45) is 11.7 Å². The Kier molecular flexibility index (Phi) is 7.96. The standard InChI is InChI=1S/C15H27N3O2.ClH/c1-6-11(7-2)12-8-13(20-18-12)14(19)17-15(5,9-16)10(3)4;/h8,10-11H,6-7,9,16H2,1-5H3,(H,17,19);1H. The maximum absolute atomic E-state index is 12.2. The number of hydrogen-bond acceptors (Lipinski definition) is 4. The van der Waals surface area contributed by atoms with Crippen LogP contribution in [0.25, 0.3) is 0 Å². The zero-order valence-corrected chi connectivity index (χ0v) is 14.4. The van der Waals surface area contributed by atoms with Crippen molar-refractivity contribution in [1.82, 2.24) is 10.5 Å². The Labute approximate surface area is 133 Å². The Hall–Kier alpha value is -1.07. The summed E-state index contributed by atoms with van der Waals surface area (Å²) in [5, 5.41) is 6.96. The third-order valence-electron chi connectivity index (χ3n) is 4.25. The van der Waals surface area contributed by atoms with Crippen LogP contribution in [0.15, 0.2) is 10.6 Å². The quantitative estimate of drug-likeness (QED) is 0.809. The zero-order chi connectivity index (χ0) is 15.3. The number of halogens is 1. The van der Waals surface area contributed by atoms with Gasteiger partial charge in [0.1, 0.15) is 0 Å². The molecule has 0 spiro atoms. The molecule has 0 aliphatic carbocycles. The molecule has 0 saturated heterocycles. The predicted octanol–water partition coefficient (Wildman–Crippen LogP) is 3.10. The third-order valence-corrected chi connectivity index (χ3v) is 4.25. The minimum atomic E-state index is -0.445. The molecule has 1 aromatic rings. The van der Waals surface area contributed by atoms with Crippen molar-refractivity contribution in [3.63, 3.8) is 0 Å². The van der Waals surface area contributed by atoms with E-state index >= 15 is 0 Å². The van der Waals surface area contributed by atoms with Gasteiger partial charge >= 0.3 is 0 Å². The highest BCUT2D eigenvalue weighted by Gasteiger charge is 2.30. The first kappa shape index (κ1) is 19.9. The fourth-order valence-electron chi connectivity index (χ4n) is 2.05. The van der Waals surface area contributed by atoms with Gasteiger partial charge in [-0.05, 0) is 25.7 Å². The van der Waals surface area contributed by atoms with Crippen LogP contribution in [0.3, 0.4) is 0 Å². The summed E-state index contributed by atoms with van der Waals surface area (Å²) in [6.07, 6.45) is 1.97. The summed E-state index contributed by atoms with van der Waals surface area (Å²) in [4.78, 5) is 12.2. The number of amides is 1. The second-order valence-corrected chi connectivity index (χ2v) is 5.86. The zero-order valence-electron chi connectivity index (χ0n) is 13.6. The highest BCUT2D eigenvalue weighted by atomic mass is 35.5. The van der Waals surface area contributed by atoms with E-state index in [-0.39, 0.29) is 30.0 Å². The molecule has 1 heterocycles. The lowest BCUT2D eigenvalue weighted by Gasteiger charge is -2.33. The van der Waals surface area contributed by atoms with Crippen molar-refractivity contribution in [3.8, 4) is 0 Å². The van der Waals surface area contributed by atoms with Gasteiger partial charge in [-0.3, -0.25) is 4.79 Å². The Morgan fingerprint density at radius 3 is 2.43 bits per heavy atom. The Morgan fingerprint density at radius 1 is 1.43 bits per heavy atom. The third kappa shape index (κ3) is 4.71. The number of aromatic nitrogens is 1. The molecule has 0 bridgehead atoms. The summed E-state index contributed by atoms with van der Waals surface area (Å²) in [7, 11) is 0. The van der Waals surface area contributed by atoms with E-state index in [2.05, 4.69) is 24.3 Å². The molecular formula is C15H28ClN3O2. The van der Waals surface area contributed by atoms with Crippen LogP contribution in [-0.4, -0.2) is 23.1 Å². The van der Waals surface area contributed by atoms with Gasteiger partial charge in [0.2, 0.25) is 5.76 Å². The van der Waals surface area contributed by atoms with Gasteiger partial charge < -0.3 is 15.6 Å². The molecule has 0 aromatic carbocycles. The van der Waals surface area contributed by atoms with Crippen LogP contribution in [0, 0.1) is 5.92 Å².